The topological polar surface area (TPSA) is 46.6 Å². The summed E-state index contributed by atoms with van der Waals surface area (Å²) in [6, 6.07) is 19.0. The molecule has 0 N–H and O–H groups in total. The van der Waals surface area contributed by atoms with Crippen molar-refractivity contribution >= 4 is 9.84 Å². The Hall–Kier alpha value is -1.69. The lowest BCUT2D eigenvalue weighted by atomic mass is 10.1. The zero-order chi connectivity index (χ0) is 18.2. The Morgan fingerprint density at radius 3 is 2.19 bits per heavy atom. The molecule has 1 aliphatic heterocycles. The fourth-order valence-electron chi connectivity index (χ4n) is 3.31. The summed E-state index contributed by atoms with van der Waals surface area (Å²) in [6.45, 7) is 3.45. The van der Waals surface area contributed by atoms with Gasteiger partial charge in [0.05, 0.1) is 23.4 Å². The van der Waals surface area contributed by atoms with Crippen molar-refractivity contribution in [3.8, 4) is 0 Å². The summed E-state index contributed by atoms with van der Waals surface area (Å²) in [7, 11) is -3.16. The van der Waals surface area contributed by atoms with Gasteiger partial charge in [-0.25, -0.2) is 8.42 Å². The molecule has 1 aliphatic rings. The summed E-state index contributed by atoms with van der Waals surface area (Å²) >= 11 is 0. The lowest BCUT2D eigenvalue weighted by Gasteiger charge is -2.31. The van der Waals surface area contributed by atoms with Gasteiger partial charge in [-0.15, -0.1) is 0 Å². The van der Waals surface area contributed by atoms with E-state index in [4.69, 9.17) is 4.74 Å². The molecule has 140 valence electrons. The molecular formula is C21H27NO3S. The second-order valence-electron chi connectivity index (χ2n) is 6.82. The third kappa shape index (κ3) is 5.66. The van der Waals surface area contributed by atoms with E-state index in [1.165, 1.54) is 5.56 Å². The molecule has 4 nitrogen and oxygen atoms in total. The van der Waals surface area contributed by atoms with Crippen molar-refractivity contribution < 1.29 is 13.2 Å². The van der Waals surface area contributed by atoms with E-state index in [-0.39, 0.29) is 5.75 Å². The molecule has 2 aromatic carbocycles. The Kier molecular flexibility index (Phi) is 6.83. The Labute approximate surface area is 156 Å². The highest BCUT2D eigenvalue weighted by molar-refractivity contribution is 7.91. The second kappa shape index (κ2) is 9.31. The monoisotopic (exact) mass is 373 g/mol. The predicted molar refractivity (Wildman–Crippen MR) is 104 cm³/mol. The molecule has 1 saturated heterocycles. The van der Waals surface area contributed by atoms with Crippen molar-refractivity contribution in [2.24, 2.45) is 0 Å². The standard InChI is InChI=1S/C21H27NO3S/c23-26(24,21-10-5-2-6-11-21)17-7-14-22-15-12-20(13-16-22)25-18-19-8-3-1-4-9-19/h1-6,8-11,20H,7,12-18H2. The smallest absolute Gasteiger partial charge is 0.178 e. The third-order valence-electron chi connectivity index (χ3n) is 4.85. The number of piperidine rings is 1. The fraction of sp³-hybridized carbons (Fsp3) is 0.429. The van der Waals surface area contributed by atoms with Gasteiger partial charge in [-0.2, -0.15) is 0 Å². The van der Waals surface area contributed by atoms with Crippen LogP contribution in [0.15, 0.2) is 65.6 Å². The largest absolute Gasteiger partial charge is 0.373 e. The summed E-state index contributed by atoms with van der Waals surface area (Å²) in [5, 5.41) is 0. The van der Waals surface area contributed by atoms with Gasteiger partial charge in [0.15, 0.2) is 9.84 Å². The summed E-state index contributed by atoms with van der Waals surface area (Å²) in [6.07, 6.45) is 3.00. The van der Waals surface area contributed by atoms with Crippen LogP contribution in [0.2, 0.25) is 0 Å². The van der Waals surface area contributed by atoms with Gasteiger partial charge in [0.25, 0.3) is 0 Å². The summed E-state index contributed by atoms with van der Waals surface area (Å²) < 4.78 is 30.6. The van der Waals surface area contributed by atoms with Gasteiger partial charge in [-0.3, -0.25) is 0 Å². The fourth-order valence-corrected chi connectivity index (χ4v) is 4.63. The minimum absolute atomic E-state index is 0.210. The molecule has 0 aromatic heterocycles. The van der Waals surface area contributed by atoms with E-state index in [1.807, 2.05) is 24.3 Å². The first kappa shape index (κ1) is 19.1. The number of hydrogen-bond acceptors (Lipinski definition) is 4. The van der Waals surface area contributed by atoms with E-state index in [2.05, 4.69) is 17.0 Å². The maximum atomic E-state index is 12.3. The molecule has 5 heteroatoms. The van der Waals surface area contributed by atoms with Gasteiger partial charge in [0, 0.05) is 13.1 Å². The zero-order valence-corrected chi connectivity index (χ0v) is 15.9. The molecule has 0 amide bonds. The maximum absolute atomic E-state index is 12.3. The lowest BCUT2D eigenvalue weighted by Crippen LogP contribution is -2.38. The minimum Gasteiger partial charge on any atom is -0.373 e. The van der Waals surface area contributed by atoms with Crippen LogP contribution in [0.25, 0.3) is 0 Å². The van der Waals surface area contributed by atoms with Crippen molar-refractivity contribution in [3.05, 3.63) is 66.2 Å². The number of rotatable bonds is 8. The van der Waals surface area contributed by atoms with Crippen molar-refractivity contribution in [1.82, 2.24) is 4.90 Å². The zero-order valence-electron chi connectivity index (χ0n) is 15.1. The molecule has 1 heterocycles. The Morgan fingerprint density at radius 2 is 1.54 bits per heavy atom. The number of nitrogens with zero attached hydrogens (tertiary/aromatic N) is 1. The van der Waals surface area contributed by atoms with E-state index in [1.54, 1.807) is 24.3 Å². The number of ether oxygens (including phenoxy) is 1. The molecule has 26 heavy (non-hydrogen) atoms. The lowest BCUT2D eigenvalue weighted by molar-refractivity contribution is -0.00232. The van der Waals surface area contributed by atoms with Crippen LogP contribution in [0.5, 0.6) is 0 Å². The molecule has 3 rings (SSSR count). The molecule has 0 radical (unpaired) electrons. The number of hydrogen-bond donors (Lipinski definition) is 0. The first-order valence-electron chi connectivity index (χ1n) is 9.29. The van der Waals surface area contributed by atoms with Crippen LogP contribution in [0, 0.1) is 0 Å². The van der Waals surface area contributed by atoms with Gasteiger partial charge >= 0.3 is 0 Å². The highest BCUT2D eigenvalue weighted by Gasteiger charge is 2.20. The molecule has 0 unspecified atom stereocenters. The van der Waals surface area contributed by atoms with E-state index in [9.17, 15) is 8.42 Å². The highest BCUT2D eigenvalue weighted by Crippen LogP contribution is 2.17. The van der Waals surface area contributed by atoms with Gasteiger partial charge in [-0.05, 0) is 43.5 Å². The summed E-state index contributed by atoms with van der Waals surface area (Å²) in [5.74, 6) is 0.210. The molecule has 2 aromatic rings. The molecule has 0 bridgehead atoms. The van der Waals surface area contributed by atoms with Crippen molar-refractivity contribution in [1.29, 1.82) is 0 Å². The molecule has 0 spiro atoms. The number of sulfone groups is 1. The van der Waals surface area contributed by atoms with Gasteiger partial charge in [0.1, 0.15) is 0 Å². The second-order valence-corrected chi connectivity index (χ2v) is 8.93. The van der Waals surface area contributed by atoms with Crippen molar-refractivity contribution in [2.75, 3.05) is 25.4 Å². The van der Waals surface area contributed by atoms with E-state index < -0.39 is 9.84 Å². The first-order chi connectivity index (χ1) is 12.6. The predicted octanol–water partition coefficient (Wildman–Crippen LogP) is 3.53. The van der Waals surface area contributed by atoms with E-state index in [0.29, 0.717) is 24.0 Å². The Balaban J connectivity index is 1.35. The highest BCUT2D eigenvalue weighted by atomic mass is 32.2. The van der Waals surface area contributed by atoms with Crippen LogP contribution in [-0.4, -0.2) is 44.8 Å². The van der Waals surface area contributed by atoms with Crippen molar-refractivity contribution in [2.45, 2.75) is 36.9 Å². The third-order valence-corrected chi connectivity index (χ3v) is 6.67. The first-order valence-corrected chi connectivity index (χ1v) is 10.9. The van der Waals surface area contributed by atoms with Crippen LogP contribution in [0.4, 0.5) is 0 Å². The normalized spacial score (nSPS) is 16.6. The summed E-state index contributed by atoms with van der Waals surface area (Å²) in [5.41, 5.74) is 1.21. The molecule has 0 aliphatic carbocycles. The average molecular weight is 374 g/mol. The van der Waals surface area contributed by atoms with Crippen LogP contribution in [-0.2, 0) is 21.2 Å². The van der Waals surface area contributed by atoms with Crippen LogP contribution in [0.3, 0.4) is 0 Å². The molecule has 1 fully saturated rings. The quantitative estimate of drug-likeness (QED) is 0.710. The Morgan fingerprint density at radius 1 is 0.923 bits per heavy atom. The SMILES string of the molecule is O=S(=O)(CCCN1CCC(OCc2ccccc2)CC1)c1ccccc1. The van der Waals surface area contributed by atoms with Gasteiger partial charge < -0.3 is 9.64 Å². The number of likely N-dealkylation sites (tertiary alicyclic amines) is 1. The van der Waals surface area contributed by atoms with Crippen molar-refractivity contribution in [3.63, 3.8) is 0 Å². The number of benzene rings is 2. The van der Waals surface area contributed by atoms with Crippen LogP contribution >= 0.6 is 0 Å². The minimum atomic E-state index is -3.16. The van der Waals surface area contributed by atoms with E-state index >= 15 is 0 Å². The molecule has 0 saturated carbocycles. The van der Waals surface area contributed by atoms with Crippen LogP contribution < -0.4 is 0 Å². The Bertz CT molecular complexity index is 754. The summed E-state index contributed by atoms with van der Waals surface area (Å²) in [4.78, 5) is 2.77. The van der Waals surface area contributed by atoms with Crippen LogP contribution in [0.1, 0.15) is 24.8 Å². The van der Waals surface area contributed by atoms with Gasteiger partial charge in [-0.1, -0.05) is 48.5 Å². The molecule has 0 atom stereocenters. The van der Waals surface area contributed by atoms with Gasteiger partial charge in [0.2, 0.25) is 0 Å². The maximum Gasteiger partial charge on any atom is 0.178 e. The average Bonchev–Trinajstić information content (AvgIpc) is 2.69. The molecular weight excluding hydrogens is 346 g/mol. The van der Waals surface area contributed by atoms with E-state index in [0.717, 1.165) is 32.5 Å².